The summed E-state index contributed by atoms with van der Waals surface area (Å²) in [6.45, 7) is 0. The van der Waals surface area contributed by atoms with Gasteiger partial charge in [0, 0.05) is 6.42 Å². The molecule has 2 aromatic rings. The van der Waals surface area contributed by atoms with Crippen molar-refractivity contribution in [1.82, 2.24) is 4.98 Å². The van der Waals surface area contributed by atoms with Gasteiger partial charge in [-0.2, -0.15) is 0 Å². The van der Waals surface area contributed by atoms with Crippen LogP contribution in [0.2, 0.25) is 0 Å². The van der Waals surface area contributed by atoms with Crippen molar-refractivity contribution in [3.63, 3.8) is 0 Å². The first-order chi connectivity index (χ1) is 7.28. The van der Waals surface area contributed by atoms with E-state index in [0.717, 1.165) is 5.56 Å². The summed E-state index contributed by atoms with van der Waals surface area (Å²) in [6, 6.07) is 6.09. The van der Waals surface area contributed by atoms with Crippen LogP contribution in [0.25, 0.3) is 0 Å². The molecule has 0 unspecified atom stereocenters. The summed E-state index contributed by atoms with van der Waals surface area (Å²) < 4.78 is 17.7. The molecule has 0 bridgehead atoms. The van der Waals surface area contributed by atoms with Crippen LogP contribution in [0.4, 0.5) is 4.39 Å². The summed E-state index contributed by atoms with van der Waals surface area (Å²) in [7, 11) is 0. The number of hydrogen-bond acceptors (Lipinski definition) is 3. The molecule has 3 nitrogen and oxygen atoms in total. The van der Waals surface area contributed by atoms with Gasteiger partial charge in [0.25, 0.3) is 5.89 Å². The van der Waals surface area contributed by atoms with Crippen LogP contribution in [0.1, 0.15) is 22.0 Å². The Hall–Kier alpha value is -1.97. The molecule has 0 fully saturated rings. The molecule has 15 heavy (non-hydrogen) atoms. The van der Waals surface area contributed by atoms with Crippen LogP contribution in [0, 0.1) is 5.82 Å². The van der Waals surface area contributed by atoms with E-state index in [1.165, 1.54) is 18.3 Å². The number of rotatable bonds is 3. The van der Waals surface area contributed by atoms with Gasteiger partial charge in [0.1, 0.15) is 11.6 Å². The van der Waals surface area contributed by atoms with Crippen LogP contribution < -0.4 is 0 Å². The molecule has 0 radical (unpaired) electrons. The van der Waals surface area contributed by atoms with Gasteiger partial charge in [0.15, 0.2) is 0 Å². The number of carbonyl (C=O) groups is 1. The number of halogens is 1. The second-order valence-electron chi connectivity index (χ2n) is 3.09. The van der Waals surface area contributed by atoms with Gasteiger partial charge in [-0.25, -0.2) is 9.37 Å². The van der Waals surface area contributed by atoms with E-state index in [1.807, 2.05) is 0 Å². The highest BCUT2D eigenvalue weighted by Crippen LogP contribution is 2.10. The van der Waals surface area contributed by atoms with E-state index in [2.05, 4.69) is 4.98 Å². The first kappa shape index (κ1) is 9.58. The van der Waals surface area contributed by atoms with Crippen molar-refractivity contribution < 1.29 is 13.6 Å². The van der Waals surface area contributed by atoms with Crippen LogP contribution >= 0.6 is 0 Å². The zero-order valence-electron chi connectivity index (χ0n) is 7.81. The smallest absolute Gasteiger partial charge is 0.259 e. The summed E-state index contributed by atoms with van der Waals surface area (Å²) in [5.41, 5.74) is 0.907. The van der Waals surface area contributed by atoms with E-state index in [0.29, 0.717) is 18.5 Å². The van der Waals surface area contributed by atoms with Gasteiger partial charge in [-0.15, -0.1) is 0 Å². The fourth-order valence-corrected chi connectivity index (χ4v) is 1.26. The summed E-state index contributed by atoms with van der Waals surface area (Å²) in [6.07, 6.45) is 2.54. The fraction of sp³-hybridized carbons (Fsp3) is 0.0909. The fourth-order valence-electron chi connectivity index (χ4n) is 1.26. The normalized spacial score (nSPS) is 10.2. The highest BCUT2D eigenvalue weighted by molar-refractivity contribution is 5.67. The Morgan fingerprint density at radius 3 is 2.67 bits per heavy atom. The molecule has 0 saturated carbocycles. The topological polar surface area (TPSA) is 43.1 Å². The molecule has 0 saturated heterocycles. The Kier molecular flexibility index (Phi) is 2.58. The van der Waals surface area contributed by atoms with E-state index < -0.39 is 0 Å². The Balaban J connectivity index is 2.14. The van der Waals surface area contributed by atoms with E-state index in [-0.39, 0.29) is 11.7 Å². The molecule has 1 aromatic carbocycles. The Morgan fingerprint density at radius 1 is 1.33 bits per heavy atom. The first-order valence-electron chi connectivity index (χ1n) is 4.42. The minimum Gasteiger partial charge on any atom is -0.439 e. The average Bonchev–Trinajstić information content (AvgIpc) is 2.69. The van der Waals surface area contributed by atoms with Crippen molar-refractivity contribution >= 4 is 6.29 Å². The Bertz CT molecular complexity index is 462. The van der Waals surface area contributed by atoms with Crippen molar-refractivity contribution in [2.75, 3.05) is 0 Å². The Morgan fingerprint density at radius 2 is 2.07 bits per heavy atom. The van der Waals surface area contributed by atoms with Crippen LogP contribution in [0.15, 0.2) is 34.9 Å². The number of aromatic nitrogens is 1. The molecule has 0 aliphatic rings. The number of aldehydes is 1. The number of benzene rings is 1. The molecule has 76 valence electrons. The van der Waals surface area contributed by atoms with Crippen molar-refractivity contribution in [1.29, 1.82) is 0 Å². The standard InChI is InChI=1S/C11H8FNO2/c12-9-3-1-8(2-4-9)5-10-6-13-11(7-14)15-10/h1-4,6-7H,5H2. The predicted octanol–water partition coefficient (Wildman–Crippen LogP) is 2.22. The average molecular weight is 205 g/mol. The lowest BCUT2D eigenvalue weighted by atomic mass is 10.1. The largest absolute Gasteiger partial charge is 0.439 e. The molecule has 0 spiro atoms. The molecule has 2 rings (SSSR count). The number of carbonyl (C=O) groups excluding carboxylic acids is 1. The van der Waals surface area contributed by atoms with Crippen LogP contribution in [0.5, 0.6) is 0 Å². The van der Waals surface area contributed by atoms with Gasteiger partial charge in [0.2, 0.25) is 6.29 Å². The maximum atomic E-state index is 12.6. The lowest BCUT2D eigenvalue weighted by Crippen LogP contribution is -1.85. The third-order valence-corrected chi connectivity index (χ3v) is 1.96. The van der Waals surface area contributed by atoms with Gasteiger partial charge < -0.3 is 4.42 Å². The van der Waals surface area contributed by atoms with E-state index in [9.17, 15) is 9.18 Å². The zero-order chi connectivity index (χ0) is 10.7. The highest BCUT2D eigenvalue weighted by Gasteiger charge is 2.03. The minimum atomic E-state index is -0.273. The molecule has 1 aromatic heterocycles. The molecular weight excluding hydrogens is 197 g/mol. The van der Waals surface area contributed by atoms with Crippen LogP contribution in [-0.4, -0.2) is 11.3 Å². The summed E-state index contributed by atoms with van der Waals surface area (Å²) in [4.78, 5) is 14.1. The van der Waals surface area contributed by atoms with E-state index >= 15 is 0 Å². The third kappa shape index (κ3) is 2.28. The van der Waals surface area contributed by atoms with Gasteiger partial charge in [0.05, 0.1) is 6.20 Å². The molecular formula is C11H8FNO2. The second kappa shape index (κ2) is 4.04. The van der Waals surface area contributed by atoms with Crippen molar-refractivity contribution in [2.24, 2.45) is 0 Å². The van der Waals surface area contributed by atoms with Gasteiger partial charge >= 0.3 is 0 Å². The quantitative estimate of drug-likeness (QED) is 0.721. The summed E-state index contributed by atoms with van der Waals surface area (Å²) in [5, 5.41) is 0. The van der Waals surface area contributed by atoms with Gasteiger partial charge in [-0.3, -0.25) is 4.79 Å². The molecule has 1 heterocycles. The van der Waals surface area contributed by atoms with Gasteiger partial charge in [-0.05, 0) is 17.7 Å². The second-order valence-corrected chi connectivity index (χ2v) is 3.09. The zero-order valence-corrected chi connectivity index (χ0v) is 7.81. The predicted molar refractivity (Wildman–Crippen MR) is 51.1 cm³/mol. The molecule has 0 amide bonds. The molecule has 0 atom stereocenters. The molecule has 0 N–H and O–H groups in total. The van der Waals surface area contributed by atoms with Crippen LogP contribution in [-0.2, 0) is 6.42 Å². The minimum absolute atomic E-state index is 0.0621. The maximum absolute atomic E-state index is 12.6. The Labute approximate surface area is 85.6 Å². The van der Waals surface area contributed by atoms with Crippen molar-refractivity contribution in [3.8, 4) is 0 Å². The van der Waals surface area contributed by atoms with Crippen molar-refractivity contribution in [3.05, 3.63) is 53.5 Å². The van der Waals surface area contributed by atoms with Crippen LogP contribution in [0.3, 0.4) is 0 Å². The lowest BCUT2D eigenvalue weighted by Gasteiger charge is -1.96. The number of nitrogens with zero attached hydrogens (tertiary/aromatic N) is 1. The third-order valence-electron chi connectivity index (χ3n) is 1.96. The van der Waals surface area contributed by atoms with E-state index in [1.54, 1.807) is 12.1 Å². The molecule has 0 aliphatic carbocycles. The lowest BCUT2D eigenvalue weighted by molar-refractivity contribution is 0.109. The number of hydrogen-bond donors (Lipinski definition) is 0. The SMILES string of the molecule is O=Cc1ncc(Cc2ccc(F)cc2)o1. The summed E-state index contributed by atoms with van der Waals surface area (Å²) in [5.74, 6) is 0.376. The highest BCUT2D eigenvalue weighted by atomic mass is 19.1. The van der Waals surface area contributed by atoms with Gasteiger partial charge in [-0.1, -0.05) is 12.1 Å². The summed E-state index contributed by atoms with van der Waals surface area (Å²) >= 11 is 0. The molecule has 4 heteroatoms. The van der Waals surface area contributed by atoms with E-state index in [4.69, 9.17) is 4.42 Å². The molecule has 0 aliphatic heterocycles. The maximum Gasteiger partial charge on any atom is 0.259 e. The monoisotopic (exact) mass is 205 g/mol. The number of oxazole rings is 1. The van der Waals surface area contributed by atoms with Crippen molar-refractivity contribution in [2.45, 2.75) is 6.42 Å². The first-order valence-corrected chi connectivity index (χ1v) is 4.42.